The third kappa shape index (κ3) is 2.27. The normalized spacial score (nSPS) is 10.5. The predicted octanol–water partition coefficient (Wildman–Crippen LogP) is -0.549. The highest BCUT2D eigenvalue weighted by atomic mass is 16.5. The van der Waals surface area contributed by atoms with Gasteiger partial charge in [0.1, 0.15) is 0 Å². The molecule has 15 heavy (non-hydrogen) atoms. The van der Waals surface area contributed by atoms with Crippen molar-refractivity contribution < 1.29 is 9.84 Å². The molecule has 0 amide bonds. The van der Waals surface area contributed by atoms with Crippen molar-refractivity contribution in [3.63, 3.8) is 0 Å². The second-order valence-corrected chi connectivity index (χ2v) is 3.06. The topological polar surface area (TPSA) is 84.3 Å². The van der Waals surface area contributed by atoms with Gasteiger partial charge in [-0.05, 0) is 6.42 Å². The number of aromatic amines is 1. The van der Waals surface area contributed by atoms with E-state index in [0.717, 1.165) is 4.57 Å². The fourth-order valence-corrected chi connectivity index (χ4v) is 1.31. The molecule has 1 heterocycles. The van der Waals surface area contributed by atoms with Crippen LogP contribution in [-0.4, -0.2) is 28.4 Å². The average Bonchev–Trinajstić information content (AvgIpc) is 2.17. The summed E-state index contributed by atoms with van der Waals surface area (Å²) in [5.41, 5.74) is -0.939. The van der Waals surface area contributed by atoms with Crippen LogP contribution in [0.5, 0.6) is 5.88 Å². The monoisotopic (exact) mass is 214 g/mol. The molecule has 0 radical (unpaired) electrons. The average molecular weight is 214 g/mol. The molecule has 0 aliphatic heterocycles. The van der Waals surface area contributed by atoms with E-state index in [1.165, 1.54) is 7.11 Å². The molecule has 6 nitrogen and oxygen atoms in total. The molecular weight excluding hydrogens is 200 g/mol. The number of hydrogen-bond donors (Lipinski definition) is 2. The summed E-state index contributed by atoms with van der Waals surface area (Å²) in [6, 6.07) is 0. The van der Waals surface area contributed by atoms with Crippen molar-refractivity contribution in [2.45, 2.75) is 19.9 Å². The van der Waals surface area contributed by atoms with Gasteiger partial charge in [0, 0.05) is 7.11 Å². The quantitative estimate of drug-likeness (QED) is 0.704. The number of aromatic hydroxyl groups is 1. The predicted molar refractivity (Wildman–Crippen MR) is 54.2 cm³/mol. The lowest BCUT2D eigenvalue weighted by molar-refractivity contribution is 0.181. The van der Waals surface area contributed by atoms with E-state index in [2.05, 4.69) is 4.98 Å². The van der Waals surface area contributed by atoms with Gasteiger partial charge >= 0.3 is 5.69 Å². The van der Waals surface area contributed by atoms with Crippen LogP contribution in [0.4, 0.5) is 0 Å². The van der Waals surface area contributed by atoms with E-state index in [9.17, 15) is 14.7 Å². The van der Waals surface area contributed by atoms with Crippen LogP contribution < -0.4 is 11.2 Å². The van der Waals surface area contributed by atoms with Crippen molar-refractivity contribution in [3.05, 3.63) is 26.4 Å². The standard InChI is InChI=1S/C9H14N2O4/c1-3-6-7(12)10-9(14)11(8(6)13)4-5-15-2/h13H,3-5H2,1-2H3,(H,10,12,14). The largest absolute Gasteiger partial charge is 0.494 e. The van der Waals surface area contributed by atoms with Crippen LogP contribution in [0.25, 0.3) is 0 Å². The molecule has 0 aromatic carbocycles. The second kappa shape index (κ2) is 4.79. The van der Waals surface area contributed by atoms with Crippen molar-refractivity contribution in [3.8, 4) is 5.88 Å². The molecule has 84 valence electrons. The Morgan fingerprint density at radius 3 is 2.67 bits per heavy atom. The Hall–Kier alpha value is -1.56. The highest BCUT2D eigenvalue weighted by Gasteiger charge is 2.11. The fraction of sp³-hybridized carbons (Fsp3) is 0.556. The Bertz CT molecular complexity index is 446. The molecule has 0 unspecified atom stereocenters. The Morgan fingerprint density at radius 1 is 1.47 bits per heavy atom. The summed E-state index contributed by atoms with van der Waals surface area (Å²) in [5, 5.41) is 9.66. The van der Waals surface area contributed by atoms with E-state index < -0.39 is 11.2 Å². The van der Waals surface area contributed by atoms with Crippen LogP contribution in [0.15, 0.2) is 9.59 Å². The van der Waals surface area contributed by atoms with Crippen molar-refractivity contribution >= 4 is 0 Å². The van der Waals surface area contributed by atoms with Gasteiger partial charge in [-0.3, -0.25) is 14.3 Å². The summed E-state index contributed by atoms with van der Waals surface area (Å²) < 4.78 is 5.88. The lowest BCUT2D eigenvalue weighted by Crippen LogP contribution is -2.33. The third-order valence-electron chi connectivity index (χ3n) is 2.14. The van der Waals surface area contributed by atoms with Crippen molar-refractivity contribution in [2.24, 2.45) is 0 Å². The molecule has 0 fully saturated rings. The van der Waals surface area contributed by atoms with E-state index in [-0.39, 0.29) is 18.0 Å². The number of hydrogen-bond acceptors (Lipinski definition) is 4. The molecule has 1 aromatic rings. The van der Waals surface area contributed by atoms with Crippen LogP contribution >= 0.6 is 0 Å². The number of H-pyrrole nitrogens is 1. The maximum Gasteiger partial charge on any atom is 0.331 e. The maximum atomic E-state index is 11.3. The van der Waals surface area contributed by atoms with Gasteiger partial charge in [0.05, 0.1) is 18.7 Å². The first-order valence-electron chi connectivity index (χ1n) is 4.65. The zero-order valence-electron chi connectivity index (χ0n) is 8.74. The SMILES string of the molecule is CCc1c(O)n(CCOC)c(=O)[nH]c1=O. The molecule has 2 N–H and O–H groups in total. The van der Waals surface area contributed by atoms with Crippen molar-refractivity contribution in [1.29, 1.82) is 0 Å². The van der Waals surface area contributed by atoms with E-state index in [4.69, 9.17) is 4.74 Å². The molecule has 6 heteroatoms. The minimum absolute atomic E-state index is 0.213. The first kappa shape index (κ1) is 11.5. The van der Waals surface area contributed by atoms with Gasteiger partial charge in [0.15, 0.2) is 0 Å². The van der Waals surface area contributed by atoms with Gasteiger partial charge in [-0.2, -0.15) is 0 Å². The zero-order chi connectivity index (χ0) is 11.4. The lowest BCUT2D eigenvalue weighted by atomic mass is 10.2. The van der Waals surface area contributed by atoms with Crippen LogP contribution in [0.3, 0.4) is 0 Å². The van der Waals surface area contributed by atoms with Gasteiger partial charge in [0.2, 0.25) is 5.88 Å². The molecule has 0 saturated carbocycles. The summed E-state index contributed by atoms with van der Waals surface area (Å²) >= 11 is 0. The molecule has 1 rings (SSSR count). The minimum Gasteiger partial charge on any atom is -0.494 e. The van der Waals surface area contributed by atoms with Crippen LogP contribution in [-0.2, 0) is 17.7 Å². The van der Waals surface area contributed by atoms with Gasteiger partial charge in [-0.15, -0.1) is 0 Å². The zero-order valence-corrected chi connectivity index (χ0v) is 8.74. The molecule has 0 saturated heterocycles. The number of ether oxygens (including phenoxy) is 1. The van der Waals surface area contributed by atoms with Crippen molar-refractivity contribution in [2.75, 3.05) is 13.7 Å². The van der Waals surface area contributed by atoms with E-state index >= 15 is 0 Å². The number of nitrogens with one attached hydrogen (secondary N) is 1. The fourth-order valence-electron chi connectivity index (χ4n) is 1.31. The number of rotatable bonds is 4. The smallest absolute Gasteiger partial charge is 0.331 e. The van der Waals surface area contributed by atoms with Crippen LogP contribution in [0.2, 0.25) is 0 Å². The summed E-state index contributed by atoms with van der Waals surface area (Å²) in [6.07, 6.45) is 0.369. The molecule has 1 aromatic heterocycles. The molecule has 0 aliphatic carbocycles. The van der Waals surface area contributed by atoms with Gasteiger partial charge < -0.3 is 9.84 Å². The van der Waals surface area contributed by atoms with E-state index in [1.807, 2.05) is 0 Å². The first-order valence-corrected chi connectivity index (χ1v) is 4.65. The molecular formula is C9H14N2O4. The highest BCUT2D eigenvalue weighted by molar-refractivity contribution is 5.22. The highest BCUT2D eigenvalue weighted by Crippen LogP contribution is 2.09. The third-order valence-corrected chi connectivity index (χ3v) is 2.14. The lowest BCUT2D eigenvalue weighted by Gasteiger charge is -2.09. The van der Waals surface area contributed by atoms with Crippen LogP contribution in [0.1, 0.15) is 12.5 Å². The summed E-state index contributed by atoms with van der Waals surface area (Å²) in [7, 11) is 1.49. The Morgan fingerprint density at radius 2 is 2.13 bits per heavy atom. The van der Waals surface area contributed by atoms with Gasteiger partial charge in [0.25, 0.3) is 5.56 Å². The number of nitrogens with zero attached hydrogens (tertiary/aromatic N) is 1. The molecule has 0 spiro atoms. The van der Waals surface area contributed by atoms with Crippen molar-refractivity contribution in [1.82, 2.24) is 9.55 Å². The maximum absolute atomic E-state index is 11.3. The molecule has 0 bridgehead atoms. The number of aromatic nitrogens is 2. The summed E-state index contributed by atoms with van der Waals surface area (Å²) in [6.45, 7) is 2.24. The Balaban J connectivity index is 3.26. The minimum atomic E-state index is -0.619. The summed E-state index contributed by atoms with van der Waals surface area (Å²) in [5.74, 6) is -0.275. The Labute approximate surface area is 86.1 Å². The first-order chi connectivity index (χ1) is 7.11. The number of methoxy groups -OCH3 is 1. The summed E-state index contributed by atoms with van der Waals surface area (Å²) in [4.78, 5) is 24.7. The Kier molecular flexibility index (Phi) is 3.68. The van der Waals surface area contributed by atoms with E-state index in [0.29, 0.717) is 13.0 Å². The van der Waals surface area contributed by atoms with Gasteiger partial charge in [-0.1, -0.05) is 6.92 Å². The van der Waals surface area contributed by atoms with E-state index in [1.54, 1.807) is 6.92 Å². The van der Waals surface area contributed by atoms with Crippen LogP contribution in [0, 0.1) is 0 Å². The molecule has 0 atom stereocenters. The molecule has 0 aliphatic rings. The second-order valence-electron chi connectivity index (χ2n) is 3.06. The van der Waals surface area contributed by atoms with Gasteiger partial charge in [-0.25, -0.2) is 4.79 Å².